The molecule has 0 spiro atoms. The van der Waals surface area contributed by atoms with E-state index in [1.165, 1.54) is 32.2 Å². The van der Waals surface area contributed by atoms with Gasteiger partial charge in [-0.05, 0) is 73.1 Å². The van der Waals surface area contributed by atoms with Gasteiger partial charge in [0, 0.05) is 24.7 Å². The fraction of sp³-hybridized carbons (Fsp3) is 0.947. The van der Waals surface area contributed by atoms with Gasteiger partial charge in [0.25, 0.3) is 0 Å². The normalized spacial score (nSPS) is 18.1. The largest absolute Gasteiger partial charge is 0.357 e. The average Bonchev–Trinajstić information content (AvgIpc) is 3.40. The van der Waals surface area contributed by atoms with Gasteiger partial charge in [-0.1, -0.05) is 13.8 Å². The second-order valence-electron chi connectivity index (χ2n) is 7.18. The number of nitrogens with zero attached hydrogens (tertiary/aromatic N) is 3. The minimum atomic E-state index is 0.454. The molecule has 1 rings (SSSR count). The molecule has 0 aromatic rings. The standard InChI is InChI=1S/C19H41N5/c1-7-20-19(21-15-17(5)23(6)18-12-13-18)22-16(4)11-10-14-24(8-2)9-3/h16-18H,7-15H2,1-6H3,(H2,20,21,22). The van der Waals surface area contributed by atoms with Crippen LogP contribution in [0.2, 0.25) is 0 Å². The Balaban J connectivity index is 2.35. The maximum Gasteiger partial charge on any atom is 0.191 e. The summed E-state index contributed by atoms with van der Waals surface area (Å²) < 4.78 is 0. The predicted octanol–water partition coefficient (Wildman–Crippen LogP) is 2.53. The molecule has 0 aromatic carbocycles. The van der Waals surface area contributed by atoms with Gasteiger partial charge in [-0.2, -0.15) is 0 Å². The van der Waals surface area contributed by atoms with Crippen LogP contribution < -0.4 is 10.6 Å². The molecule has 1 fully saturated rings. The first kappa shape index (κ1) is 21.2. The van der Waals surface area contributed by atoms with Gasteiger partial charge in [0.15, 0.2) is 5.96 Å². The monoisotopic (exact) mass is 339 g/mol. The molecule has 1 aliphatic carbocycles. The van der Waals surface area contributed by atoms with E-state index in [1.807, 2.05) is 0 Å². The fourth-order valence-corrected chi connectivity index (χ4v) is 2.98. The SMILES string of the molecule is CCNC(=NCC(C)N(C)C1CC1)NC(C)CCCN(CC)CC. The van der Waals surface area contributed by atoms with Gasteiger partial charge < -0.3 is 15.5 Å². The predicted molar refractivity (Wildman–Crippen MR) is 106 cm³/mol. The van der Waals surface area contributed by atoms with Gasteiger partial charge in [-0.25, -0.2) is 0 Å². The number of rotatable bonds is 12. The summed E-state index contributed by atoms with van der Waals surface area (Å²) in [5.41, 5.74) is 0. The molecule has 2 unspecified atom stereocenters. The van der Waals surface area contributed by atoms with E-state index < -0.39 is 0 Å². The summed E-state index contributed by atoms with van der Waals surface area (Å²) in [6.45, 7) is 16.4. The number of hydrogen-bond acceptors (Lipinski definition) is 3. The highest BCUT2D eigenvalue weighted by molar-refractivity contribution is 5.80. The van der Waals surface area contributed by atoms with Crippen molar-refractivity contribution in [3.8, 4) is 0 Å². The van der Waals surface area contributed by atoms with Crippen LogP contribution in [0.25, 0.3) is 0 Å². The molecule has 0 radical (unpaired) electrons. The zero-order chi connectivity index (χ0) is 17.9. The summed E-state index contributed by atoms with van der Waals surface area (Å²) in [4.78, 5) is 9.76. The molecule has 2 atom stereocenters. The first-order chi connectivity index (χ1) is 11.5. The molecule has 0 amide bonds. The maximum absolute atomic E-state index is 4.80. The molecule has 1 saturated carbocycles. The molecule has 0 saturated heterocycles. The second kappa shape index (κ2) is 11.7. The zero-order valence-electron chi connectivity index (χ0n) is 16.9. The molecule has 5 heteroatoms. The van der Waals surface area contributed by atoms with Crippen molar-refractivity contribution >= 4 is 5.96 Å². The average molecular weight is 340 g/mol. The van der Waals surface area contributed by atoms with Gasteiger partial charge >= 0.3 is 0 Å². The van der Waals surface area contributed by atoms with Gasteiger partial charge in [0.1, 0.15) is 0 Å². The Morgan fingerprint density at radius 3 is 2.38 bits per heavy atom. The van der Waals surface area contributed by atoms with Crippen LogP contribution in [0.3, 0.4) is 0 Å². The zero-order valence-corrected chi connectivity index (χ0v) is 16.9. The van der Waals surface area contributed by atoms with Gasteiger partial charge in [0.05, 0.1) is 6.54 Å². The van der Waals surface area contributed by atoms with Crippen molar-refractivity contribution in [3.05, 3.63) is 0 Å². The smallest absolute Gasteiger partial charge is 0.191 e. The van der Waals surface area contributed by atoms with E-state index in [1.54, 1.807) is 0 Å². The highest BCUT2D eigenvalue weighted by atomic mass is 15.2. The van der Waals surface area contributed by atoms with Crippen molar-refractivity contribution in [3.63, 3.8) is 0 Å². The highest BCUT2D eigenvalue weighted by Crippen LogP contribution is 2.26. The lowest BCUT2D eigenvalue weighted by molar-refractivity contribution is 0.253. The minimum Gasteiger partial charge on any atom is -0.357 e. The third-order valence-electron chi connectivity index (χ3n) is 5.06. The third-order valence-corrected chi connectivity index (χ3v) is 5.06. The fourth-order valence-electron chi connectivity index (χ4n) is 2.98. The topological polar surface area (TPSA) is 42.9 Å². The van der Waals surface area contributed by atoms with Gasteiger partial charge in [-0.3, -0.25) is 9.89 Å². The summed E-state index contributed by atoms with van der Waals surface area (Å²) in [7, 11) is 2.23. The Morgan fingerprint density at radius 1 is 1.17 bits per heavy atom. The van der Waals surface area contributed by atoms with Crippen LogP contribution in [-0.4, -0.2) is 73.7 Å². The number of nitrogens with one attached hydrogen (secondary N) is 2. The molecule has 0 bridgehead atoms. The summed E-state index contributed by atoms with van der Waals surface area (Å²) in [6, 6.07) is 1.76. The lowest BCUT2D eigenvalue weighted by atomic mass is 10.2. The van der Waals surface area contributed by atoms with Gasteiger partial charge in [0.2, 0.25) is 0 Å². The first-order valence-corrected chi connectivity index (χ1v) is 10.0. The molecule has 0 aliphatic heterocycles. The number of guanidine groups is 1. The Bertz CT molecular complexity index is 350. The molecule has 2 N–H and O–H groups in total. The number of aliphatic imine (C=N–C) groups is 1. The van der Waals surface area contributed by atoms with Crippen LogP contribution in [0, 0.1) is 0 Å². The molecule has 0 heterocycles. The number of hydrogen-bond donors (Lipinski definition) is 2. The lowest BCUT2D eigenvalue weighted by Crippen LogP contribution is -2.43. The van der Waals surface area contributed by atoms with Crippen LogP contribution in [-0.2, 0) is 0 Å². The van der Waals surface area contributed by atoms with Crippen molar-refractivity contribution in [2.45, 2.75) is 78.4 Å². The molecule has 142 valence electrons. The van der Waals surface area contributed by atoms with E-state index in [2.05, 4.69) is 62.1 Å². The minimum absolute atomic E-state index is 0.454. The molecular formula is C19H41N5. The molecule has 24 heavy (non-hydrogen) atoms. The molecule has 1 aliphatic rings. The lowest BCUT2D eigenvalue weighted by Gasteiger charge is -2.24. The molecule has 5 nitrogen and oxygen atoms in total. The van der Waals surface area contributed by atoms with Gasteiger partial charge in [-0.15, -0.1) is 0 Å². The van der Waals surface area contributed by atoms with E-state index in [9.17, 15) is 0 Å². The maximum atomic E-state index is 4.80. The van der Waals surface area contributed by atoms with E-state index in [-0.39, 0.29) is 0 Å². The molecule has 0 aromatic heterocycles. The van der Waals surface area contributed by atoms with Crippen molar-refractivity contribution < 1.29 is 0 Å². The van der Waals surface area contributed by atoms with Crippen LogP contribution in [0.15, 0.2) is 4.99 Å². The summed E-state index contributed by atoms with van der Waals surface area (Å²) in [5.74, 6) is 0.962. The van der Waals surface area contributed by atoms with E-state index >= 15 is 0 Å². The molecular weight excluding hydrogens is 298 g/mol. The summed E-state index contributed by atoms with van der Waals surface area (Å²) >= 11 is 0. The van der Waals surface area contributed by atoms with E-state index in [0.717, 1.165) is 38.2 Å². The van der Waals surface area contributed by atoms with Crippen molar-refractivity contribution in [2.75, 3.05) is 39.8 Å². The van der Waals surface area contributed by atoms with Crippen LogP contribution in [0.1, 0.15) is 60.3 Å². The third kappa shape index (κ3) is 8.34. The van der Waals surface area contributed by atoms with Crippen molar-refractivity contribution in [2.24, 2.45) is 4.99 Å². The highest BCUT2D eigenvalue weighted by Gasteiger charge is 2.28. The van der Waals surface area contributed by atoms with Crippen LogP contribution in [0.4, 0.5) is 0 Å². The van der Waals surface area contributed by atoms with E-state index in [4.69, 9.17) is 4.99 Å². The summed E-state index contributed by atoms with van der Waals surface area (Å²) in [5, 5.41) is 6.95. The van der Waals surface area contributed by atoms with Crippen molar-refractivity contribution in [1.82, 2.24) is 20.4 Å². The number of likely N-dealkylation sites (N-methyl/N-ethyl adjacent to an activating group) is 1. The van der Waals surface area contributed by atoms with Crippen LogP contribution >= 0.6 is 0 Å². The van der Waals surface area contributed by atoms with Crippen LogP contribution in [0.5, 0.6) is 0 Å². The van der Waals surface area contributed by atoms with E-state index in [0.29, 0.717) is 12.1 Å². The Hall–Kier alpha value is -0.810. The van der Waals surface area contributed by atoms with Crippen molar-refractivity contribution in [1.29, 1.82) is 0 Å². The second-order valence-corrected chi connectivity index (χ2v) is 7.18. The quantitative estimate of drug-likeness (QED) is 0.424. The summed E-state index contributed by atoms with van der Waals surface area (Å²) in [6.07, 6.45) is 5.12. The first-order valence-electron chi connectivity index (χ1n) is 10.0. The Kier molecular flexibility index (Phi) is 10.3. The Labute approximate surface area is 150 Å². The Morgan fingerprint density at radius 2 is 1.83 bits per heavy atom.